The van der Waals surface area contributed by atoms with Gasteiger partial charge >= 0.3 is 0 Å². The van der Waals surface area contributed by atoms with Crippen molar-refractivity contribution < 1.29 is 14.1 Å². The van der Waals surface area contributed by atoms with Crippen LogP contribution >= 0.6 is 0 Å². The minimum Gasteiger partial charge on any atom is -0.381 e. The van der Waals surface area contributed by atoms with E-state index in [2.05, 4.69) is 15.1 Å². The standard InChI is InChI=1S/C17H22N4O3/c1-2-21(11-13-7-9-23-12-13)16(22)6-5-15-19-17(20-24-15)14-4-3-8-18-10-14/h3-4,8,10,13H,2,5-7,9,11-12H2,1H3/t13-/m1/s1. The van der Waals surface area contributed by atoms with Crippen molar-refractivity contribution in [2.45, 2.75) is 26.2 Å². The van der Waals surface area contributed by atoms with Crippen molar-refractivity contribution in [3.8, 4) is 11.4 Å². The maximum Gasteiger partial charge on any atom is 0.227 e. The molecule has 2 aromatic heterocycles. The van der Waals surface area contributed by atoms with Crippen LogP contribution in [0, 0.1) is 5.92 Å². The van der Waals surface area contributed by atoms with Crippen LogP contribution in [0.4, 0.5) is 0 Å². The first kappa shape index (κ1) is 16.6. The molecule has 0 unspecified atom stereocenters. The Labute approximate surface area is 141 Å². The quantitative estimate of drug-likeness (QED) is 0.772. The van der Waals surface area contributed by atoms with Gasteiger partial charge in [0.15, 0.2) is 0 Å². The third kappa shape index (κ3) is 4.17. The van der Waals surface area contributed by atoms with Crippen LogP contribution in [0.15, 0.2) is 29.0 Å². The van der Waals surface area contributed by atoms with Gasteiger partial charge in [-0.05, 0) is 25.5 Å². The van der Waals surface area contributed by atoms with E-state index >= 15 is 0 Å². The monoisotopic (exact) mass is 330 g/mol. The molecule has 0 spiro atoms. The minimum atomic E-state index is 0.116. The number of ether oxygens (including phenoxy) is 1. The zero-order valence-electron chi connectivity index (χ0n) is 13.9. The fourth-order valence-corrected chi connectivity index (χ4v) is 2.79. The molecule has 1 fully saturated rings. The summed E-state index contributed by atoms with van der Waals surface area (Å²) in [5, 5.41) is 3.95. The highest BCUT2D eigenvalue weighted by atomic mass is 16.5. The van der Waals surface area contributed by atoms with Gasteiger partial charge in [0.1, 0.15) is 0 Å². The molecule has 0 aliphatic carbocycles. The molecule has 7 heteroatoms. The second-order valence-corrected chi connectivity index (χ2v) is 5.92. The molecule has 1 aliphatic heterocycles. The van der Waals surface area contributed by atoms with E-state index in [1.807, 2.05) is 24.0 Å². The molecule has 1 saturated heterocycles. The lowest BCUT2D eigenvalue weighted by atomic mass is 10.1. The van der Waals surface area contributed by atoms with Crippen molar-refractivity contribution >= 4 is 5.91 Å². The van der Waals surface area contributed by atoms with Gasteiger partial charge in [0, 0.05) is 56.4 Å². The van der Waals surface area contributed by atoms with Gasteiger partial charge in [0.2, 0.25) is 17.6 Å². The molecule has 0 bridgehead atoms. The number of aromatic nitrogens is 3. The summed E-state index contributed by atoms with van der Waals surface area (Å²) in [6.07, 6.45) is 5.22. The predicted octanol–water partition coefficient (Wildman–Crippen LogP) is 1.95. The Balaban J connectivity index is 1.53. The number of hydrogen-bond donors (Lipinski definition) is 0. The van der Waals surface area contributed by atoms with E-state index in [1.54, 1.807) is 12.4 Å². The van der Waals surface area contributed by atoms with Crippen LogP contribution in [0.2, 0.25) is 0 Å². The van der Waals surface area contributed by atoms with E-state index in [4.69, 9.17) is 9.26 Å². The summed E-state index contributed by atoms with van der Waals surface area (Å²) in [6.45, 7) is 5.03. The van der Waals surface area contributed by atoms with Gasteiger partial charge in [-0.25, -0.2) is 0 Å². The van der Waals surface area contributed by atoms with Crippen molar-refractivity contribution in [3.05, 3.63) is 30.4 Å². The van der Waals surface area contributed by atoms with E-state index in [-0.39, 0.29) is 5.91 Å². The number of carbonyl (C=O) groups is 1. The molecule has 3 rings (SSSR count). The zero-order chi connectivity index (χ0) is 16.8. The molecule has 24 heavy (non-hydrogen) atoms. The Hall–Kier alpha value is -2.28. The van der Waals surface area contributed by atoms with Crippen molar-refractivity contribution in [2.24, 2.45) is 5.92 Å². The molecule has 128 valence electrons. The highest BCUT2D eigenvalue weighted by Gasteiger charge is 2.22. The molecule has 3 heterocycles. The number of hydrogen-bond acceptors (Lipinski definition) is 6. The van der Waals surface area contributed by atoms with Crippen LogP contribution in [0.3, 0.4) is 0 Å². The van der Waals surface area contributed by atoms with Gasteiger partial charge in [0.05, 0.1) is 6.61 Å². The average molecular weight is 330 g/mol. The minimum absolute atomic E-state index is 0.116. The Kier molecular flexibility index (Phi) is 5.53. The van der Waals surface area contributed by atoms with Crippen LogP contribution in [-0.2, 0) is 16.0 Å². The topological polar surface area (TPSA) is 81.4 Å². The first-order valence-electron chi connectivity index (χ1n) is 8.34. The third-order valence-corrected chi connectivity index (χ3v) is 4.18. The Morgan fingerprint density at radius 2 is 2.38 bits per heavy atom. The molecular formula is C17H22N4O3. The lowest BCUT2D eigenvalue weighted by Crippen LogP contribution is -2.35. The molecular weight excluding hydrogens is 308 g/mol. The van der Waals surface area contributed by atoms with Crippen molar-refractivity contribution in [2.75, 3.05) is 26.3 Å². The van der Waals surface area contributed by atoms with Crippen LogP contribution in [-0.4, -0.2) is 52.2 Å². The van der Waals surface area contributed by atoms with E-state index in [9.17, 15) is 4.79 Å². The summed E-state index contributed by atoms with van der Waals surface area (Å²) < 4.78 is 10.6. The second-order valence-electron chi connectivity index (χ2n) is 5.92. The van der Waals surface area contributed by atoms with Gasteiger partial charge in [-0.15, -0.1) is 0 Å². The Morgan fingerprint density at radius 1 is 1.46 bits per heavy atom. The van der Waals surface area contributed by atoms with E-state index < -0.39 is 0 Å². The van der Waals surface area contributed by atoms with Crippen LogP contribution < -0.4 is 0 Å². The molecule has 0 saturated carbocycles. The SMILES string of the molecule is CCN(C[C@H]1CCOC1)C(=O)CCc1nc(-c2cccnc2)no1. The molecule has 1 amide bonds. The maximum atomic E-state index is 12.4. The molecule has 2 aromatic rings. The number of carbonyl (C=O) groups excluding carboxylic acids is 1. The fraction of sp³-hybridized carbons (Fsp3) is 0.529. The average Bonchev–Trinajstić information content (AvgIpc) is 3.30. The number of aryl methyl sites for hydroxylation is 1. The first-order chi connectivity index (χ1) is 11.8. The molecule has 0 aromatic carbocycles. The van der Waals surface area contributed by atoms with Gasteiger partial charge < -0.3 is 14.2 Å². The number of rotatable bonds is 7. The molecule has 0 radical (unpaired) electrons. The predicted molar refractivity (Wildman–Crippen MR) is 87.0 cm³/mol. The molecule has 7 nitrogen and oxygen atoms in total. The lowest BCUT2D eigenvalue weighted by Gasteiger charge is -2.23. The number of pyridine rings is 1. The lowest BCUT2D eigenvalue weighted by molar-refractivity contribution is -0.131. The van der Waals surface area contributed by atoms with Gasteiger partial charge in [-0.1, -0.05) is 5.16 Å². The van der Waals surface area contributed by atoms with Crippen molar-refractivity contribution in [1.82, 2.24) is 20.0 Å². The number of nitrogens with zero attached hydrogens (tertiary/aromatic N) is 4. The van der Waals surface area contributed by atoms with Crippen molar-refractivity contribution in [3.63, 3.8) is 0 Å². The van der Waals surface area contributed by atoms with Crippen molar-refractivity contribution in [1.29, 1.82) is 0 Å². The Bertz CT molecular complexity index is 653. The third-order valence-electron chi connectivity index (χ3n) is 4.18. The maximum absolute atomic E-state index is 12.4. The molecule has 1 aliphatic rings. The number of amides is 1. The zero-order valence-corrected chi connectivity index (χ0v) is 13.9. The summed E-state index contributed by atoms with van der Waals surface area (Å²) >= 11 is 0. The highest BCUT2D eigenvalue weighted by molar-refractivity contribution is 5.76. The largest absolute Gasteiger partial charge is 0.381 e. The van der Waals surface area contributed by atoms with Crippen LogP contribution in [0.25, 0.3) is 11.4 Å². The Morgan fingerprint density at radius 3 is 3.08 bits per heavy atom. The van der Waals surface area contributed by atoms with Crippen LogP contribution in [0.5, 0.6) is 0 Å². The van der Waals surface area contributed by atoms with Gasteiger partial charge in [0.25, 0.3) is 0 Å². The van der Waals surface area contributed by atoms with Gasteiger partial charge in [-0.3, -0.25) is 9.78 Å². The summed E-state index contributed by atoms with van der Waals surface area (Å²) in [5.74, 6) is 1.54. The normalized spacial score (nSPS) is 17.1. The van der Waals surface area contributed by atoms with E-state index in [0.717, 1.165) is 31.7 Å². The van der Waals surface area contributed by atoms with E-state index in [0.29, 0.717) is 37.0 Å². The summed E-state index contributed by atoms with van der Waals surface area (Å²) in [7, 11) is 0. The second kappa shape index (κ2) is 8.01. The summed E-state index contributed by atoms with van der Waals surface area (Å²) in [6, 6.07) is 3.69. The summed E-state index contributed by atoms with van der Waals surface area (Å²) in [4.78, 5) is 22.7. The fourth-order valence-electron chi connectivity index (χ4n) is 2.79. The smallest absolute Gasteiger partial charge is 0.227 e. The highest BCUT2D eigenvalue weighted by Crippen LogP contribution is 2.16. The summed E-state index contributed by atoms with van der Waals surface area (Å²) in [5.41, 5.74) is 0.801. The van der Waals surface area contributed by atoms with Crippen LogP contribution in [0.1, 0.15) is 25.7 Å². The van der Waals surface area contributed by atoms with Gasteiger partial charge in [-0.2, -0.15) is 4.98 Å². The molecule has 0 N–H and O–H groups in total. The molecule has 1 atom stereocenters. The van der Waals surface area contributed by atoms with E-state index in [1.165, 1.54) is 0 Å². The first-order valence-corrected chi connectivity index (χ1v) is 8.34.